The van der Waals surface area contributed by atoms with E-state index in [1.807, 2.05) is 0 Å². The molecule has 1 N–H and O–H groups in total. The van der Waals surface area contributed by atoms with Gasteiger partial charge >= 0.3 is 0 Å². The number of ether oxygens (including phenoxy) is 1. The van der Waals surface area contributed by atoms with Crippen LogP contribution in [0.1, 0.15) is 36.1 Å². The number of H-pyrrole nitrogens is 1. The summed E-state index contributed by atoms with van der Waals surface area (Å²) >= 11 is 0. The number of rotatable bonds is 9. The van der Waals surface area contributed by atoms with Crippen LogP contribution in [-0.4, -0.2) is 32.6 Å². The van der Waals surface area contributed by atoms with Gasteiger partial charge in [-0.15, -0.1) is 0 Å². The molecule has 6 nitrogen and oxygen atoms in total. The number of hydrogen-bond acceptors (Lipinski definition) is 5. The lowest BCUT2D eigenvalue weighted by atomic mass is 9.94. The second-order valence-corrected chi connectivity index (χ2v) is 11.9. The molecular formula is C30H25F3N2O4S. The van der Waals surface area contributed by atoms with Gasteiger partial charge in [-0.3, -0.25) is 4.21 Å². The predicted molar refractivity (Wildman–Crippen MR) is 148 cm³/mol. The van der Waals surface area contributed by atoms with E-state index in [2.05, 4.69) is 15.8 Å². The summed E-state index contributed by atoms with van der Waals surface area (Å²) in [4.78, 5) is 18.1. The lowest BCUT2D eigenvalue weighted by Gasteiger charge is -2.15. The third-order valence-electron chi connectivity index (χ3n) is 6.61. The smallest absolute Gasteiger partial charge is 0.229 e. The number of halogens is 3. The van der Waals surface area contributed by atoms with Gasteiger partial charge in [0.15, 0.2) is 11.6 Å². The quantitative estimate of drug-likeness (QED) is 0.153. The molecule has 0 bridgehead atoms. The minimum absolute atomic E-state index is 0.0526. The summed E-state index contributed by atoms with van der Waals surface area (Å²) in [5.41, 5.74) is 1.51. The monoisotopic (exact) mass is 566 g/mol. The molecule has 5 rings (SSSR count). The highest BCUT2D eigenvalue weighted by atomic mass is 32.2. The van der Waals surface area contributed by atoms with Gasteiger partial charge in [0.2, 0.25) is 5.89 Å². The van der Waals surface area contributed by atoms with Gasteiger partial charge in [-0.25, -0.2) is 18.2 Å². The van der Waals surface area contributed by atoms with Crippen molar-refractivity contribution in [1.29, 1.82) is 0 Å². The maximum atomic E-state index is 15.1. The fourth-order valence-electron chi connectivity index (χ4n) is 4.61. The highest BCUT2D eigenvalue weighted by Crippen LogP contribution is 2.39. The zero-order valence-corrected chi connectivity index (χ0v) is 22.5. The van der Waals surface area contributed by atoms with Gasteiger partial charge in [0, 0.05) is 41.8 Å². The Morgan fingerprint density at radius 3 is 2.70 bits per heavy atom. The Hall–Kier alpha value is -4.31. The van der Waals surface area contributed by atoms with Crippen molar-refractivity contribution in [2.75, 3.05) is 6.26 Å². The number of fused-ring (bicyclic) bond motifs is 1. The van der Waals surface area contributed by atoms with E-state index in [0.717, 1.165) is 12.4 Å². The summed E-state index contributed by atoms with van der Waals surface area (Å²) in [5, 5.41) is 0.495. The fourth-order valence-corrected chi connectivity index (χ4v) is 5.78. The topological polar surface area (TPSA) is 85.2 Å². The third kappa shape index (κ3) is 5.14. The summed E-state index contributed by atoms with van der Waals surface area (Å²) < 4.78 is 69.5. The summed E-state index contributed by atoms with van der Waals surface area (Å²) in [5.74, 6) is 0.993. The molecule has 2 heterocycles. The Kier molecular flexibility index (Phi) is 7.29. The molecule has 0 fully saturated rings. The van der Waals surface area contributed by atoms with Gasteiger partial charge in [-0.05, 0) is 57.2 Å². The van der Waals surface area contributed by atoms with Gasteiger partial charge < -0.3 is 18.9 Å². The second-order valence-electron chi connectivity index (χ2n) is 9.53. The first-order chi connectivity index (χ1) is 19.1. The number of aromatic nitrogens is 2. The van der Waals surface area contributed by atoms with Crippen molar-refractivity contribution in [3.8, 4) is 23.0 Å². The minimum Gasteiger partial charge on any atom is -0.453 e. The summed E-state index contributed by atoms with van der Waals surface area (Å²) in [7, 11) is -2.93. The van der Waals surface area contributed by atoms with Crippen LogP contribution in [0.2, 0.25) is 0 Å². The SMILES string of the molecule is C=S(C)(=O)c1c(Oc2ccc(F)c(-c3nc(C(C)c4cccc(CCC=O)c4F)co3)c2)c(F)cc2[nH]ccc12. The van der Waals surface area contributed by atoms with Crippen molar-refractivity contribution in [2.45, 2.75) is 30.6 Å². The number of nitrogens with zero attached hydrogens (tertiary/aromatic N) is 1. The zero-order valence-electron chi connectivity index (χ0n) is 21.7. The number of aryl methyl sites for hydroxylation is 1. The standard InChI is InChI=1S/C30H25F3N2O4S/c1-17(20-8-4-6-18(27(20)33)7-5-13-36)26-16-38-30(35-26)22-14-19(9-10-23(22)31)39-28-24(32)15-25-21(11-12-34-25)29(28)40(2,3)37/h4,6,8-17,34H,2,5,7H2,1,3H3. The van der Waals surface area contributed by atoms with Crippen LogP contribution in [0, 0.1) is 17.5 Å². The second kappa shape index (κ2) is 10.7. The van der Waals surface area contributed by atoms with Crippen LogP contribution in [0.25, 0.3) is 22.4 Å². The van der Waals surface area contributed by atoms with Crippen LogP contribution in [0.4, 0.5) is 13.2 Å². The van der Waals surface area contributed by atoms with E-state index in [0.29, 0.717) is 27.7 Å². The average Bonchev–Trinajstić information content (AvgIpc) is 3.58. The Morgan fingerprint density at radius 1 is 1.15 bits per heavy atom. The molecule has 0 aliphatic heterocycles. The minimum atomic E-state index is -2.93. The number of carbonyl (C=O) groups excluding carboxylic acids is 1. The van der Waals surface area contributed by atoms with Crippen molar-refractivity contribution in [1.82, 2.24) is 9.97 Å². The van der Waals surface area contributed by atoms with Crippen LogP contribution < -0.4 is 4.74 Å². The van der Waals surface area contributed by atoms with Crippen LogP contribution in [0.15, 0.2) is 70.3 Å². The molecule has 5 aromatic rings. The number of hydrogen-bond donors (Lipinski definition) is 1. The van der Waals surface area contributed by atoms with E-state index < -0.39 is 32.9 Å². The normalized spacial score (nSPS) is 13.7. The maximum absolute atomic E-state index is 15.1. The summed E-state index contributed by atoms with van der Waals surface area (Å²) in [6.07, 6.45) is 5.50. The molecule has 0 amide bonds. The van der Waals surface area contributed by atoms with E-state index in [1.165, 1.54) is 30.7 Å². The number of carbonyl (C=O) groups is 1. The molecule has 40 heavy (non-hydrogen) atoms. The molecule has 10 heteroatoms. The van der Waals surface area contributed by atoms with E-state index in [9.17, 15) is 13.4 Å². The average molecular weight is 567 g/mol. The first-order valence-corrected chi connectivity index (χ1v) is 14.5. The van der Waals surface area contributed by atoms with Gasteiger partial charge in [-0.1, -0.05) is 25.1 Å². The number of oxazole rings is 1. The summed E-state index contributed by atoms with van der Waals surface area (Å²) in [6.45, 7) is 1.74. The molecule has 2 unspecified atom stereocenters. The molecule has 0 saturated carbocycles. The first kappa shape index (κ1) is 27.3. The van der Waals surface area contributed by atoms with Crippen LogP contribution in [0.3, 0.4) is 0 Å². The van der Waals surface area contributed by atoms with Crippen LogP contribution >= 0.6 is 0 Å². The van der Waals surface area contributed by atoms with E-state index in [1.54, 1.807) is 37.4 Å². The van der Waals surface area contributed by atoms with Crippen LogP contribution in [-0.2, 0) is 20.7 Å². The lowest BCUT2D eigenvalue weighted by Crippen LogP contribution is -2.04. The fraction of sp³-hybridized carbons (Fsp3) is 0.167. The molecular weight excluding hydrogens is 541 g/mol. The first-order valence-electron chi connectivity index (χ1n) is 12.3. The Balaban J connectivity index is 1.49. The van der Waals surface area contributed by atoms with Gasteiger partial charge in [-0.2, -0.15) is 0 Å². The molecule has 0 spiro atoms. The molecule has 2 atom stereocenters. The van der Waals surface area contributed by atoms with Crippen molar-refractivity contribution < 1.29 is 31.3 Å². The molecule has 0 aliphatic rings. The van der Waals surface area contributed by atoms with E-state index >= 15 is 8.78 Å². The van der Waals surface area contributed by atoms with E-state index in [-0.39, 0.29) is 40.7 Å². The largest absolute Gasteiger partial charge is 0.453 e. The van der Waals surface area contributed by atoms with Crippen molar-refractivity contribution in [3.05, 3.63) is 95.3 Å². The molecule has 206 valence electrons. The Morgan fingerprint density at radius 2 is 1.95 bits per heavy atom. The maximum Gasteiger partial charge on any atom is 0.229 e. The van der Waals surface area contributed by atoms with Gasteiger partial charge in [0.1, 0.15) is 29.9 Å². The van der Waals surface area contributed by atoms with E-state index in [4.69, 9.17) is 9.15 Å². The number of nitrogens with one attached hydrogen (secondary N) is 1. The van der Waals surface area contributed by atoms with Crippen LogP contribution in [0.5, 0.6) is 11.5 Å². The number of benzene rings is 3. The van der Waals surface area contributed by atoms with Crippen molar-refractivity contribution >= 4 is 32.6 Å². The molecule has 2 aromatic heterocycles. The molecule has 0 radical (unpaired) electrons. The molecule has 0 aliphatic carbocycles. The zero-order chi connectivity index (χ0) is 28.6. The lowest BCUT2D eigenvalue weighted by molar-refractivity contribution is -0.107. The van der Waals surface area contributed by atoms with Crippen molar-refractivity contribution in [3.63, 3.8) is 0 Å². The highest BCUT2D eigenvalue weighted by Gasteiger charge is 2.23. The summed E-state index contributed by atoms with van der Waals surface area (Å²) in [6, 6.07) is 11.5. The molecule has 0 saturated heterocycles. The van der Waals surface area contributed by atoms with Crippen molar-refractivity contribution in [2.24, 2.45) is 0 Å². The number of aromatic amines is 1. The predicted octanol–water partition coefficient (Wildman–Crippen LogP) is 7.02. The molecule has 3 aromatic carbocycles. The van der Waals surface area contributed by atoms with Gasteiger partial charge in [0.05, 0.1) is 16.2 Å². The van der Waals surface area contributed by atoms with Gasteiger partial charge in [0.25, 0.3) is 0 Å². The number of aldehydes is 1. The Bertz CT molecular complexity index is 1840. The Labute approximate surface area is 228 Å². The highest BCUT2D eigenvalue weighted by molar-refractivity contribution is 8.00. The third-order valence-corrected chi connectivity index (χ3v) is 7.88.